The highest BCUT2D eigenvalue weighted by atomic mass is 16.6. The van der Waals surface area contributed by atoms with Crippen LogP contribution < -0.4 is 9.47 Å². The van der Waals surface area contributed by atoms with Gasteiger partial charge in [0, 0.05) is 0 Å². The normalized spacial score (nSPS) is 10.2. The van der Waals surface area contributed by atoms with Crippen molar-refractivity contribution in [2.45, 2.75) is 26.7 Å². The quantitative estimate of drug-likeness (QED) is 0.620. The van der Waals surface area contributed by atoms with Crippen molar-refractivity contribution in [1.82, 2.24) is 0 Å². The van der Waals surface area contributed by atoms with E-state index in [1.807, 2.05) is 43.3 Å². The van der Waals surface area contributed by atoms with E-state index in [9.17, 15) is 4.79 Å². The number of hydrogen-bond acceptors (Lipinski definition) is 3. The maximum Gasteiger partial charge on any atom is 0.315 e. The molecule has 3 heteroatoms. The van der Waals surface area contributed by atoms with Crippen molar-refractivity contribution < 1.29 is 14.3 Å². The van der Waals surface area contributed by atoms with Gasteiger partial charge in [-0.15, -0.1) is 0 Å². The molecule has 0 bridgehead atoms. The molecule has 2 rings (SSSR count). The van der Waals surface area contributed by atoms with Gasteiger partial charge < -0.3 is 9.47 Å². The minimum Gasteiger partial charge on any atom is -0.493 e. The molecule has 0 atom stereocenters. The van der Waals surface area contributed by atoms with Crippen LogP contribution in [-0.2, 0) is 17.6 Å². The zero-order chi connectivity index (χ0) is 15.2. The molecule has 110 valence electrons. The minimum atomic E-state index is -0.280. The number of rotatable bonds is 5. The van der Waals surface area contributed by atoms with Crippen LogP contribution in [-0.4, -0.2) is 13.1 Å². The Morgan fingerprint density at radius 3 is 2.43 bits per heavy atom. The highest BCUT2D eigenvalue weighted by molar-refractivity contribution is 5.76. The molecule has 0 spiro atoms. The molecule has 21 heavy (non-hydrogen) atoms. The number of benzene rings is 2. The zero-order valence-electron chi connectivity index (χ0n) is 12.7. The van der Waals surface area contributed by atoms with Gasteiger partial charge in [0.25, 0.3) is 0 Å². The first-order chi connectivity index (χ1) is 10.1. The number of ether oxygens (including phenoxy) is 2. The van der Waals surface area contributed by atoms with Gasteiger partial charge in [-0.05, 0) is 42.2 Å². The number of methoxy groups -OCH3 is 1. The van der Waals surface area contributed by atoms with Crippen LogP contribution in [0.25, 0.3) is 0 Å². The summed E-state index contributed by atoms with van der Waals surface area (Å²) >= 11 is 0. The van der Waals surface area contributed by atoms with Crippen LogP contribution in [0.4, 0.5) is 0 Å². The van der Waals surface area contributed by atoms with Gasteiger partial charge in [-0.1, -0.05) is 37.3 Å². The predicted molar refractivity (Wildman–Crippen MR) is 82.9 cm³/mol. The minimum absolute atomic E-state index is 0.265. The van der Waals surface area contributed by atoms with Gasteiger partial charge in [-0.3, -0.25) is 4.79 Å². The number of carbonyl (C=O) groups is 1. The second-order valence-electron chi connectivity index (χ2n) is 4.93. The molecule has 2 aromatic rings. The van der Waals surface area contributed by atoms with E-state index in [-0.39, 0.29) is 12.4 Å². The van der Waals surface area contributed by atoms with Crippen molar-refractivity contribution in [3.05, 3.63) is 59.2 Å². The highest BCUT2D eigenvalue weighted by Gasteiger charge is 2.12. The van der Waals surface area contributed by atoms with E-state index in [0.29, 0.717) is 11.5 Å². The average Bonchev–Trinajstić information content (AvgIpc) is 2.49. The lowest BCUT2D eigenvalue weighted by Crippen LogP contribution is -2.13. The third-order valence-corrected chi connectivity index (χ3v) is 3.38. The number of aryl methyl sites for hydroxylation is 2. The molecule has 3 nitrogen and oxygen atoms in total. The van der Waals surface area contributed by atoms with Crippen LogP contribution in [0.5, 0.6) is 11.5 Å². The first kappa shape index (κ1) is 15.1. The van der Waals surface area contributed by atoms with Crippen LogP contribution >= 0.6 is 0 Å². The molecule has 2 aromatic carbocycles. The van der Waals surface area contributed by atoms with Crippen molar-refractivity contribution in [3.8, 4) is 11.5 Å². The highest BCUT2D eigenvalue weighted by Crippen LogP contribution is 2.28. The Morgan fingerprint density at radius 2 is 1.76 bits per heavy atom. The van der Waals surface area contributed by atoms with Crippen molar-refractivity contribution >= 4 is 5.97 Å². The smallest absolute Gasteiger partial charge is 0.315 e. The van der Waals surface area contributed by atoms with E-state index in [1.54, 1.807) is 13.2 Å². The van der Waals surface area contributed by atoms with Crippen LogP contribution in [0.3, 0.4) is 0 Å². The number of carbonyl (C=O) groups excluding carboxylic acids is 1. The SMILES string of the molecule is CCc1ccccc1CC(=O)Oc1ccc(C)cc1OC. The third kappa shape index (κ3) is 3.85. The molecule has 0 aliphatic heterocycles. The molecule has 0 fully saturated rings. The molecule has 0 aliphatic carbocycles. The summed E-state index contributed by atoms with van der Waals surface area (Å²) in [6.45, 7) is 4.04. The van der Waals surface area contributed by atoms with Crippen molar-refractivity contribution in [2.75, 3.05) is 7.11 Å². The summed E-state index contributed by atoms with van der Waals surface area (Å²) in [5, 5.41) is 0. The predicted octanol–water partition coefficient (Wildman–Crippen LogP) is 3.71. The summed E-state index contributed by atoms with van der Waals surface area (Å²) < 4.78 is 10.7. The molecule has 0 radical (unpaired) electrons. The van der Waals surface area contributed by atoms with E-state index in [4.69, 9.17) is 9.47 Å². The van der Waals surface area contributed by atoms with E-state index < -0.39 is 0 Å². The molecule has 0 saturated carbocycles. The first-order valence-corrected chi connectivity index (χ1v) is 7.06. The van der Waals surface area contributed by atoms with E-state index in [2.05, 4.69) is 6.92 Å². The summed E-state index contributed by atoms with van der Waals surface area (Å²) in [6.07, 6.45) is 1.17. The molecule has 0 heterocycles. The molecule has 0 aliphatic rings. The Labute approximate surface area is 125 Å². The number of hydrogen-bond donors (Lipinski definition) is 0. The lowest BCUT2D eigenvalue weighted by atomic mass is 10.0. The Balaban J connectivity index is 2.12. The van der Waals surface area contributed by atoms with E-state index >= 15 is 0 Å². The van der Waals surface area contributed by atoms with Gasteiger partial charge in [-0.2, -0.15) is 0 Å². The fourth-order valence-corrected chi connectivity index (χ4v) is 2.25. The van der Waals surface area contributed by atoms with Gasteiger partial charge >= 0.3 is 5.97 Å². The fourth-order valence-electron chi connectivity index (χ4n) is 2.25. The van der Waals surface area contributed by atoms with Gasteiger partial charge in [0.1, 0.15) is 0 Å². The zero-order valence-corrected chi connectivity index (χ0v) is 12.7. The second-order valence-corrected chi connectivity index (χ2v) is 4.93. The fraction of sp³-hybridized carbons (Fsp3) is 0.278. The molecular formula is C18H20O3. The van der Waals surface area contributed by atoms with E-state index in [1.165, 1.54) is 5.56 Å². The lowest BCUT2D eigenvalue weighted by Gasteiger charge is -2.11. The second kappa shape index (κ2) is 6.93. The van der Waals surface area contributed by atoms with Crippen LogP contribution in [0.2, 0.25) is 0 Å². The largest absolute Gasteiger partial charge is 0.493 e. The Kier molecular flexibility index (Phi) is 4.99. The van der Waals surface area contributed by atoms with Gasteiger partial charge in [0.05, 0.1) is 13.5 Å². The topological polar surface area (TPSA) is 35.5 Å². The standard InChI is InChI=1S/C18H20O3/c1-4-14-7-5-6-8-15(14)12-18(19)21-16-10-9-13(2)11-17(16)20-3/h5-11H,4,12H2,1-3H3. The molecule has 0 aromatic heterocycles. The summed E-state index contributed by atoms with van der Waals surface area (Å²) in [6, 6.07) is 13.4. The van der Waals surface area contributed by atoms with Crippen molar-refractivity contribution in [1.29, 1.82) is 0 Å². The lowest BCUT2D eigenvalue weighted by molar-refractivity contribution is -0.133. The Bertz CT molecular complexity index is 632. The van der Waals surface area contributed by atoms with Gasteiger partial charge in [0.2, 0.25) is 0 Å². The summed E-state index contributed by atoms with van der Waals surface area (Å²) in [7, 11) is 1.57. The maximum absolute atomic E-state index is 12.1. The molecule has 0 N–H and O–H groups in total. The van der Waals surface area contributed by atoms with Gasteiger partial charge in [0.15, 0.2) is 11.5 Å². The molecular weight excluding hydrogens is 264 g/mol. The van der Waals surface area contributed by atoms with Crippen LogP contribution in [0.1, 0.15) is 23.6 Å². The molecule has 0 saturated heterocycles. The molecule has 0 unspecified atom stereocenters. The summed E-state index contributed by atoms with van der Waals surface area (Å²) in [4.78, 5) is 12.1. The van der Waals surface area contributed by atoms with Crippen LogP contribution in [0, 0.1) is 6.92 Å². The monoisotopic (exact) mass is 284 g/mol. The third-order valence-electron chi connectivity index (χ3n) is 3.38. The van der Waals surface area contributed by atoms with Crippen molar-refractivity contribution in [2.24, 2.45) is 0 Å². The first-order valence-electron chi connectivity index (χ1n) is 7.06. The number of esters is 1. The average molecular weight is 284 g/mol. The Hall–Kier alpha value is -2.29. The van der Waals surface area contributed by atoms with E-state index in [0.717, 1.165) is 17.5 Å². The molecule has 0 amide bonds. The van der Waals surface area contributed by atoms with Crippen molar-refractivity contribution in [3.63, 3.8) is 0 Å². The Morgan fingerprint density at radius 1 is 1.05 bits per heavy atom. The van der Waals surface area contributed by atoms with Crippen LogP contribution in [0.15, 0.2) is 42.5 Å². The maximum atomic E-state index is 12.1. The summed E-state index contributed by atoms with van der Waals surface area (Å²) in [5.74, 6) is 0.757. The van der Waals surface area contributed by atoms with Gasteiger partial charge in [-0.25, -0.2) is 0 Å². The summed E-state index contributed by atoms with van der Waals surface area (Å²) in [5.41, 5.74) is 3.24.